The molecule has 26 heavy (non-hydrogen) atoms. The summed E-state index contributed by atoms with van der Waals surface area (Å²) in [6.45, 7) is 5.80. The van der Waals surface area contributed by atoms with Crippen LogP contribution in [0, 0.1) is 4.91 Å². The van der Waals surface area contributed by atoms with Crippen LogP contribution in [0.15, 0.2) is 53.8 Å². The quantitative estimate of drug-likeness (QED) is 0.557. The molecule has 0 amide bonds. The molecule has 0 aliphatic carbocycles. The second-order valence-electron chi connectivity index (χ2n) is 7.15. The van der Waals surface area contributed by atoms with E-state index in [9.17, 15) is 15.1 Å². The Labute approximate surface area is 154 Å². The fourth-order valence-corrected chi connectivity index (χ4v) is 2.51. The van der Waals surface area contributed by atoms with E-state index >= 15 is 0 Å². The standard InChI is InChI=1S/C20H26N2O4/c1-20(2,3)22(21-25)12-18(24)16-9-10-19(17(11-16)13-23)26-14-15-7-5-4-6-8-15/h4-11,18,23-24H,12-14H2,1-3H3. The first-order valence-electron chi connectivity index (χ1n) is 8.54. The molecule has 6 heteroatoms. The fraction of sp³-hybridized carbons (Fsp3) is 0.400. The number of aliphatic hydroxyl groups excluding tert-OH is 2. The number of ether oxygens (including phenoxy) is 1. The van der Waals surface area contributed by atoms with Crippen molar-refractivity contribution in [2.45, 2.75) is 45.6 Å². The number of nitroso groups, excluding NO2 is 1. The number of hydrogen-bond acceptors (Lipinski definition) is 5. The van der Waals surface area contributed by atoms with Gasteiger partial charge in [0, 0.05) is 5.56 Å². The van der Waals surface area contributed by atoms with Gasteiger partial charge in [0.2, 0.25) is 0 Å². The lowest BCUT2D eigenvalue weighted by atomic mass is 10.0. The molecule has 140 valence electrons. The highest BCUT2D eigenvalue weighted by Crippen LogP contribution is 2.26. The predicted molar refractivity (Wildman–Crippen MR) is 100 cm³/mol. The zero-order chi connectivity index (χ0) is 19.2. The highest BCUT2D eigenvalue weighted by Gasteiger charge is 2.24. The molecule has 0 fully saturated rings. The van der Waals surface area contributed by atoms with Gasteiger partial charge >= 0.3 is 0 Å². The van der Waals surface area contributed by atoms with Crippen molar-refractivity contribution in [2.75, 3.05) is 6.54 Å². The van der Waals surface area contributed by atoms with Gasteiger partial charge in [-0.3, -0.25) is 5.01 Å². The minimum Gasteiger partial charge on any atom is -0.489 e. The summed E-state index contributed by atoms with van der Waals surface area (Å²) in [4.78, 5) is 11.0. The van der Waals surface area contributed by atoms with Crippen molar-refractivity contribution >= 4 is 0 Å². The Morgan fingerprint density at radius 2 is 1.85 bits per heavy atom. The minimum atomic E-state index is -0.902. The van der Waals surface area contributed by atoms with Crippen LogP contribution in [0.1, 0.15) is 43.6 Å². The lowest BCUT2D eigenvalue weighted by Gasteiger charge is -2.31. The maximum absolute atomic E-state index is 11.0. The van der Waals surface area contributed by atoms with Crippen molar-refractivity contribution in [3.8, 4) is 5.75 Å². The molecule has 2 rings (SSSR count). The van der Waals surface area contributed by atoms with Gasteiger partial charge in [0.25, 0.3) is 0 Å². The van der Waals surface area contributed by atoms with E-state index in [0.29, 0.717) is 23.5 Å². The molecule has 0 radical (unpaired) electrons. The summed E-state index contributed by atoms with van der Waals surface area (Å²) in [7, 11) is 0. The van der Waals surface area contributed by atoms with Gasteiger partial charge in [0.15, 0.2) is 0 Å². The van der Waals surface area contributed by atoms with Crippen molar-refractivity contribution < 1.29 is 14.9 Å². The van der Waals surface area contributed by atoms with Crippen molar-refractivity contribution in [3.63, 3.8) is 0 Å². The number of β-amino-alcohol motifs (C(OH)–C–C–N with tert-alkyl or cyclic N) is 1. The topological polar surface area (TPSA) is 82.4 Å². The van der Waals surface area contributed by atoms with Gasteiger partial charge in [-0.2, -0.15) is 0 Å². The molecule has 6 nitrogen and oxygen atoms in total. The Balaban J connectivity index is 2.10. The first kappa shape index (κ1) is 19.9. The molecule has 0 bridgehead atoms. The first-order chi connectivity index (χ1) is 12.3. The molecule has 0 saturated heterocycles. The molecule has 1 atom stereocenters. The SMILES string of the molecule is CC(C)(C)N(CC(O)c1ccc(OCc2ccccc2)c(CO)c1)N=O. The summed E-state index contributed by atoms with van der Waals surface area (Å²) in [5, 5.41) is 24.4. The third kappa shape index (κ3) is 5.28. The van der Waals surface area contributed by atoms with Crippen molar-refractivity contribution in [2.24, 2.45) is 5.29 Å². The molecule has 0 saturated carbocycles. The van der Waals surface area contributed by atoms with E-state index in [-0.39, 0.29) is 13.2 Å². The van der Waals surface area contributed by atoms with Crippen LogP contribution >= 0.6 is 0 Å². The summed E-state index contributed by atoms with van der Waals surface area (Å²) >= 11 is 0. The van der Waals surface area contributed by atoms with E-state index in [4.69, 9.17) is 4.74 Å². The van der Waals surface area contributed by atoms with Crippen LogP contribution < -0.4 is 4.74 Å². The van der Waals surface area contributed by atoms with Crippen LogP contribution in [0.25, 0.3) is 0 Å². The monoisotopic (exact) mass is 358 g/mol. The Kier molecular flexibility index (Phi) is 6.71. The van der Waals surface area contributed by atoms with E-state index in [1.807, 2.05) is 51.1 Å². The van der Waals surface area contributed by atoms with E-state index in [1.54, 1.807) is 18.2 Å². The second-order valence-corrected chi connectivity index (χ2v) is 7.15. The van der Waals surface area contributed by atoms with Crippen LogP contribution in [-0.2, 0) is 13.2 Å². The summed E-state index contributed by atoms with van der Waals surface area (Å²) < 4.78 is 5.78. The van der Waals surface area contributed by atoms with Gasteiger partial charge < -0.3 is 14.9 Å². The Bertz CT molecular complexity index is 713. The van der Waals surface area contributed by atoms with Crippen molar-refractivity contribution in [1.82, 2.24) is 5.01 Å². The van der Waals surface area contributed by atoms with Crippen LogP contribution in [-0.4, -0.2) is 27.3 Å². The number of benzene rings is 2. The molecule has 2 aromatic rings. The molecule has 0 spiro atoms. The van der Waals surface area contributed by atoms with Gasteiger partial charge in [0.05, 0.1) is 30.1 Å². The van der Waals surface area contributed by atoms with Crippen molar-refractivity contribution in [3.05, 3.63) is 70.1 Å². The minimum absolute atomic E-state index is 0.0715. The second kappa shape index (κ2) is 8.78. The summed E-state index contributed by atoms with van der Waals surface area (Å²) in [5.74, 6) is 0.563. The lowest BCUT2D eigenvalue weighted by molar-refractivity contribution is 0.0590. The lowest BCUT2D eigenvalue weighted by Crippen LogP contribution is -2.39. The zero-order valence-electron chi connectivity index (χ0n) is 15.4. The van der Waals surface area contributed by atoms with Crippen molar-refractivity contribution in [1.29, 1.82) is 0 Å². The Morgan fingerprint density at radius 3 is 2.42 bits per heavy atom. The molecule has 0 aliphatic heterocycles. The third-order valence-corrected chi connectivity index (χ3v) is 4.10. The van der Waals surface area contributed by atoms with Gasteiger partial charge in [-0.05, 0) is 44.0 Å². The van der Waals surface area contributed by atoms with Gasteiger partial charge in [-0.1, -0.05) is 36.4 Å². The van der Waals surface area contributed by atoms with E-state index in [1.165, 1.54) is 5.01 Å². The average Bonchev–Trinajstić information content (AvgIpc) is 2.63. The number of nitrogens with zero attached hydrogens (tertiary/aromatic N) is 2. The summed E-state index contributed by atoms with van der Waals surface area (Å²) in [5.41, 5.74) is 1.72. The molecule has 1 unspecified atom stereocenters. The number of aliphatic hydroxyl groups is 2. The van der Waals surface area contributed by atoms with E-state index in [2.05, 4.69) is 5.29 Å². The van der Waals surface area contributed by atoms with Crippen LogP contribution in [0.3, 0.4) is 0 Å². The maximum atomic E-state index is 11.0. The van der Waals surface area contributed by atoms with Gasteiger partial charge in [0.1, 0.15) is 12.4 Å². The van der Waals surface area contributed by atoms with Crippen LogP contribution in [0.2, 0.25) is 0 Å². The zero-order valence-corrected chi connectivity index (χ0v) is 15.4. The fourth-order valence-electron chi connectivity index (χ4n) is 2.51. The molecule has 0 heterocycles. The summed E-state index contributed by atoms with van der Waals surface area (Å²) in [6, 6.07) is 14.9. The van der Waals surface area contributed by atoms with Gasteiger partial charge in [-0.25, -0.2) is 0 Å². The Hall–Kier alpha value is -2.44. The van der Waals surface area contributed by atoms with Crippen LogP contribution in [0.4, 0.5) is 0 Å². The normalized spacial score (nSPS) is 12.5. The van der Waals surface area contributed by atoms with E-state index in [0.717, 1.165) is 5.56 Å². The van der Waals surface area contributed by atoms with Gasteiger partial charge in [-0.15, -0.1) is 4.91 Å². The predicted octanol–water partition coefficient (Wildman–Crippen LogP) is 3.57. The number of rotatable bonds is 8. The molecule has 2 aromatic carbocycles. The summed E-state index contributed by atoms with van der Waals surface area (Å²) in [6.07, 6.45) is -0.902. The smallest absolute Gasteiger partial charge is 0.125 e. The molecule has 0 aliphatic rings. The number of hydrogen-bond donors (Lipinski definition) is 2. The first-order valence-corrected chi connectivity index (χ1v) is 8.54. The Morgan fingerprint density at radius 1 is 1.15 bits per heavy atom. The highest BCUT2D eigenvalue weighted by molar-refractivity contribution is 5.38. The molecular formula is C20H26N2O4. The highest BCUT2D eigenvalue weighted by atomic mass is 16.5. The van der Waals surface area contributed by atoms with E-state index < -0.39 is 11.6 Å². The average molecular weight is 358 g/mol. The largest absolute Gasteiger partial charge is 0.489 e. The molecule has 0 aromatic heterocycles. The maximum Gasteiger partial charge on any atom is 0.125 e. The molecule has 2 N–H and O–H groups in total. The third-order valence-electron chi connectivity index (χ3n) is 4.10. The molecular weight excluding hydrogens is 332 g/mol. The van der Waals surface area contributed by atoms with Crippen LogP contribution in [0.5, 0.6) is 5.75 Å².